The predicted molar refractivity (Wildman–Crippen MR) is 64.5 cm³/mol. The van der Waals surface area contributed by atoms with Crippen LogP contribution >= 0.6 is 0 Å². The van der Waals surface area contributed by atoms with Crippen LogP contribution in [0.25, 0.3) is 0 Å². The van der Waals surface area contributed by atoms with E-state index in [-0.39, 0.29) is 23.6 Å². The van der Waals surface area contributed by atoms with Gasteiger partial charge in [-0.15, -0.1) is 0 Å². The van der Waals surface area contributed by atoms with Gasteiger partial charge in [-0.2, -0.15) is 0 Å². The smallest absolute Gasteiger partial charge is 0.128 e. The Hall–Kier alpha value is -0.960. The van der Waals surface area contributed by atoms with E-state index in [1.165, 1.54) is 12.1 Å². The normalized spacial score (nSPS) is 26.2. The Labute approximate surface area is 101 Å². The Morgan fingerprint density at radius 2 is 1.94 bits per heavy atom. The van der Waals surface area contributed by atoms with Crippen LogP contribution in [-0.4, -0.2) is 0 Å². The summed E-state index contributed by atoms with van der Waals surface area (Å²) in [6.07, 6.45) is 3.28. The number of rotatable bonds is 2. The van der Waals surface area contributed by atoms with E-state index in [0.29, 0.717) is 17.0 Å². The number of hydrogen-bond acceptors (Lipinski definition) is 1. The Kier molecular flexibility index (Phi) is 3.48. The van der Waals surface area contributed by atoms with Crippen LogP contribution in [0.5, 0.6) is 0 Å². The van der Waals surface area contributed by atoms with Crippen molar-refractivity contribution in [3.05, 3.63) is 34.9 Å². The van der Waals surface area contributed by atoms with E-state index in [4.69, 9.17) is 5.73 Å². The van der Waals surface area contributed by atoms with Gasteiger partial charge in [-0.05, 0) is 42.9 Å². The molecular weight excluding hydrogens is 220 g/mol. The molecule has 0 amide bonds. The number of benzene rings is 1. The maximum atomic E-state index is 13.8. The van der Waals surface area contributed by atoms with Crippen LogP contribution in [-0.2, 0) is 0 Å². The van der Waals surface area contributed by atoms with Crippen LogP contribution in [0, 0.1) is 30.4 Å². The minimum Gasteiger partial charge on any atom is -0.324 e. The van der Waals surface area contributed by atoms with Crippen LogP contribution in [0.1, 0.15) is 43.4 Å². The van der Waals surface area contributed by atoms with Gasteiger partial charge in [0, 0.05) is 11.6 Å². The van der Waals surface area contributed by atoms with Crippen molar-refractivity contribution in [1.29, 1.82) is 0 Å². The summed E-state index contributed by atoms with van der Waals surface area (Å²) in [6.45, 7) is 3.70. The highest BCUT2D eigenvalue weighted by molar-refractivity contribution is 5.28. The molecule has 3 unspecified atom stereocenters. The average Bonchev–Trinajstić information content (AvgIpc) is 2.69. The standard InChI is InChI=1S/C14H19F2N/c1-8-4-3-5-10(8)14(17)11-7-12(15)9(2)6-13(11)16/h6-8,10,14H,3-5,17H2,1-2H3. The average molecular weight is 239 g/mol. The molecule has 1 aliphatic rings. The zero-order chi connectivity index (χ0) is 12.6. The molecule has 0 saturated heterocycles. The van der Waals surface area contributed by atoms with Gasteiger partial charge in [0.25, 0.3) is 0 Å². The third-order valence-electron chi connectivity index (χ3n) is 4.03. The molecule has 2 N–H and O–H groups in total. The SMILES string of the molecule is Cc1cc(F)c(C(N)C2CCCC2C)cc1F. The van der Waals surface area contributed by atoms with E-state index < -0.39 is 0 Å². The quantitative estimate of drug-likeness (QED) is 0.836. The fourth-order valence-corrected chi connectivity index (χ4v) is 2.86. The second-order valence-electron chi connectivity index (χ2n) is 5.22. The molecule has 1 nitrogen and oxygen atoms in total. The summed E-state index contributed by atoms with van der Waals surface area (Å²) in [5.41, 5.74) is 6.76. The lowest BCUT2D eigenvalue weighted by Crippen LogP contribution is -2.24. The molecule has 3 atom stereocenters. The number of nitrogens with two attached hydrogens (primary N) is 1. The summed E-state index contributed by atoms with van der Waals surface area (Å²) in [5, 5.41) is 0. The summed E-state index contributed by atoms with van der Waals surface area (Å²) in [4.78, 5) is 0. The van der Waals surface area contributed by atoms with Gasteiger partial charge in [0.15, 0.2) is 0 Å². The van der Waals surface area contributed by atoms with Crippen LogP contribution in [0.2, 0.25) is 0 Å². The van der Waals surface area contributed by atoms with Crippen molar-refractivity contribution >= 4 is 0 Å². The molecule has 2 rings (SSSR count). The fourth-order valence-electron chi connectivity index (χ4n) is 2.86. The molecule has 1 fully saturated rings. The minimum atomic E-state index is -0.386. The van der Waals surface area contributed by atoms with E-state index in [2.05, 4.69) is 6.92 Å². The molecule has 0 heterocycles. The molecule has 1 aromatic rings. The van der Waals surface area contributed by atoms with Gasteiger partial charge < -0.3 is 5.73 Å². The van der Waals surface area contributed by atoms with Gasteiger partial charge in [0.1, 0.15) is 11.6 Å². The molecule has 3 heteroatoms. The highest BCUT2D eigenvalue weighted by atomic mass is 19.1. The molecule has 0 bridgehead atoms. The summed E-state index contributed by atoms with van der Waals surface area (Å²) in [5.74, 6) is 0.0124. The number of hydrogen-bond donors (Lipinski definition) is 1. The summed E-state index contributed by atoms with van der Waals surface area (Å²) >= 11 is 0. The first-order chi connectivity index (χ1) is 8.00. The van der Waals surface area contributed by atoms with Gasteiger partial charge in [0.2, 0.25) is 0 Å². The second-order valence-corrected chi connectivity index (χ2v) is 5.22. The van der Waals surface area contributed by atoms with Crippen molar-refractivity contribution in [2.45, 2.75) is 39.2 Å². The van der Waals surface area contributed by atoms with Gasteiger partial charge in [-0.25, -0.2) is 8.78 Å². The summed E-state index contributed by atoms with van der Waals surface area (Å²) in [6, 6.07) is 2.12. The van der Waals surface area contributed by atoms with Crippen LogP contribution < -0.4 is 5.73 Å². The minimum absolute atomic E-state index is 0.270. The van der Waals surface area contributed by atoms with Crippen molar-refractivity contribution in [3.8, 4) is 0 Å². The van der Waals surface area contributed by atoms with Gasteiger partial charge in [-0.3, -0.25) is 0 Å². The Morgan fingerprint density at radius 3 is 2.53 bits per heavy atom. The van der Waals surface area contributed by atoms with E-state index >= 15 is 0 Å². The lowest BCUT2D eigenvalue weighted by Gasteiger charge is -2.24. The van der Waals surface area contributed by atoms with Gasteiger partial charge in [0.05, 0.1) is 0 Å². The number of aryl methyl sites for hydroxylation is 1. The molecule has 0 aromatic heterocycles. The Bertz CT molecular complexity index is 417. The molecule has 17 heavy (non-hydrogen) atoms. The highest BCUT2D eigenvalue weighted by Gasteiger charge is 2.31. The first-order valence-corrected chi connectivity index (χ1v) is 6.22. The van der Waals surface area contributed by atoms with Crippen molar-refractivity contribution in [3.63, 3.8) is 0 Å². The molecule has 1 aliphatic carbocycles. The largest absolute Gasteiger partial charge is 0.324 e. The number of halogens is 2. The molecule has 0 spiro atoms. The lowest BCUT2D eigenvalue weighted by molar-refractivity contribution is 0.343. The third-order valence-corrected chi connectivity index (χ3v) is 4.03. The lowest BCUT2D eigenvalue weighted by atomic mass is 9.86. The Morgan fingerprint density at radius 1 is 1.24 bits per heavy atom. The maximum Gasteiger partial charge on any atom is 0.128 e. The highest BCUT2D eigenvalue weighted by Crippen LogP contribution is 2.39. The van der Waals surface area contributed by atoms with E-state index in [0.717, 1.165) is 19.3 Å². The second kappa shape index (κ2) is 4.73. The fraction of sp³-hybridized carbons (Fsp3) is 0.571. The molecule has 1 saturated carbocycles. The third kappa shape index (κ3) is 2.34. The first kappa shape index (κ1) is 12.5. The van der Waals surface area contributed by atoms with E-state index in [1.54, 1.807) is 6.92 Å². The zero-order valence-corrected chi connectivity index (χ0v) is 10.3. The van der Waals surface area contributed by atoms with Gasteiger partial charge >= 0.3 is 0 Å². The topological polar surface area (TPSA) is 26.0 Å². The van der Waals surface area contributed by atoms with Crippen molar-refractivity contribution < 1.29 is 8.78 Å². The van der Waals surface area contributed by atoms with Crippen molar-refractivity contribution in [1.82, 2.24) is 0 Å². The predicted octanol–water partition coefficient (Wildman–Crippen LogP) is 3.71. The van der Waals surface area contributed by atoms with E-state index in [9.17, 15) is 8.78 Å². The van der Waals surface area contributed by atoms with E-state index in [1.807, 2.05) is 0 Å². The summed E-state index contributed by atoms with van der Waals surface area (Å²) in [7, 11) is 0. The van der Waals surface area contributed by atoms with Crippen LogP contribution in [0.4, 0.5) is 8.78 Å². The van der Waals surface area contributed by atoms with Crippen LogP contribution in [0.15, 0.2) is 12.1 Å². The molecule has 0 aliphatic heterocycles. The molecule has 0 radical (unpaired) electrons. The molecule has 94 valence electrons. The van der Waals surface area contributed by atoms with Crippen molar-refractivity contribution in [2.75, 3.05) is 0 Å². The van der Waals surface area contributed by atoms with Crippen LogP contribution in [0.3, 0.4) is 0 Å². The molecule has 1 aromatic carbocycles. The van der Waals surface area contributed by atoms with Gasteiger partial charge in [-0.1, -0.05) is 19.8 Å². The monoisotopic (exact) mass is 239 g/mol. The Balaban J connectivity index is 2.30. The first-order valence-electron chi connectivity index (χ1n) is 6.22. The zero-order valence-electron chi connectivity index (χ0n) is 10.3. The maximum absolute atomic E-state index is 13.8. The van der Waals surface area contributed by atoms with Crippen molar-refractivity contribution in [2.24, 2.45) is 17.6 Å². The molecular formula is C14H19F2N. The summed E-state index contributed by atoms with van der Waals surface area (Å²) < 4.78 is 27.3.